The van der Waals surface area contributed by atoms with Crippen LogP contribution < -0.4 is 0 Å². The molecule has 0 aromatic heterocycles. The molecule has 2 rings (SSSR count). The maximum Gasteiger partial charge on any atom is 0.126 e. The van der Waals surface area contributed by atoms with Crippen molar-refractivity contribution in [2.24, 2.45) is 5.92 Å². The molecule has 0 nitrogen and oxygen atoms in total. The van der Waals surface area contributed by atoms with Crippen LogP contribution in [0.5, 0.6) is 0 Å². The molecule has 0 N–H and O–H groups in total. The predicted octanol–water partition coefficient (Wildman–Crippen LogP) is 4.46. The van der Waals surface area contributed by atoms with Crippen molar-refractivity contribution >= 4 is 0 Å². The molecule has 1 fully saturated rings. The summed E-state index contributed by atoms with van der Waals surface area (Å²) in [5, 5.41) is 0. The topological polar surface area (TPSA) is 0 Å². The Morgan fingerprint density at radius 2 is 1.87 bits per heavy atom. The van der Waals surface area contributed by atoms with Crippen molar-refractivity contribution in [2.45, 2.75) is 45.4 Å². The number of hydrogen-bond acceptors (Lipinski definition) is 0. The Hall–Kier alpha value is -0.850. The van der Waals surface area contributed by atoms with E-state index in [-0.39, 0.29) is 5.82 Å². The Morgan fingerprint density at radius 1 is 1.20 bits per heavy atom. The van der Waals surface area contributed by atoms with Gasteiger partial charge in [-0.25, -0.2) is 4.39 Å². The average molecular weight is 206 g/mol. The molecular formula is C14H19F. The molecule has 0 radical (unpaired) electrons. The lowest BCUT2D eigenvalue weighted by Gasteiger charge is -2.16. The molecule has 1 aliphatic rings. The van der Waals surface area contributed by atoms with Gasteiger partial charge in [-0.3, -0.25) is 0 Å². The molecule has 0 aliphatic heterocycles. The van der Waals surface area contributed by atoms with Crippen LogP contribution in [-0.4, -0.2) is 0 Å². The van der Waals surface area contributed by atoms with Crippen LogP contribution in [0.25, 0.3) is 0 Å². The van der Waals surface area contributed by atoms with Crippen LogP contribution in [0.2, 0.25) is 0 Å². The fourth-order valence-electron chi connectivity index (χ4n) is 1.94. The van der Waals surface area contributed by atoms with Gasteiger partial charge in [0.15, 0.2) is 0 Å². The smallest absolute Gasteiger partial charge is 0.126 e. The molecule has 1 heteroatoms. The fraction of sp³-hybridized carbons (Fsp3) is 0.571. The SMILES string of the molecule is CC(C)C(C)c1ccc(C2CC2)c(F)c1. The van der Waals surface area contributed by atoms with Crippen molar-refractivity contribution in [3.63, 3.8) is 0 Å². The normalized spacial score (nSPS) is 18.2. The van der Waals surface area contributed by atoms with Crippen LogP contribution >= 0.6 is 0 Å². The fourth-order valence-corrected chi connectivity index (χ4v) is 1.94. The van der Waals surface area contributed by atoms with E-state index in [4.69, 9.17) is 0 Å². The minimum Gasteiger partial charge on any atom is -0.207 e. The third-order valence-corrected chi connectivity index (χ3v) is 3.57. The molecule has 0 saturated heterocycles. The number of hydrogen-bond donors (Lipinski definition) is 0. The van der Waals surface area contributed by atoms with Crippen LogP contribution in [0, 0.1) is 11.7 Å². The van der Waals surface area contributed by atoms with Crippen LogP contribution in [0.3, 0.4) is 0 Å². The minimum absolute atomic E-state index is 0.00231. The first-order chi connectivity index (χ1) is 7.09. The summed E-state index contributed by atoms with van der Waals surface area (Å²) in [5.74, 6) is 1.51. The van der Waals surface area contributed by atoms with Gasteiger partial charge in [0.25, 0.3) is 0 Å². The zero-order valence-corrected chi connectivity index (χ0v) is 9.76. The molecule has 0 amide bonds. The maximum atomic E-state index is 13.8. The van der Waals surface area contributed by atoms with E-state index >= 15 is 0 Å². The summed E-state index contributed by atoms with van der Waals surface area (Å²) in [7, 11) is 0. The summed E-state index contributed by atoms with van der Waals surface area (Å²) in [6.07, 6.45) is 2.33. The monoisotopic (exact) mass is 206 g/mol. The molecule has 0 bridgehead atoms. The summed E-state index contributed by atoms with van der Waals surface area (Å²) in [6, 6.07) is 5.82. The number of rotatable bonds is 3. The lowest BCUT2D eigenvalue weighted by molar-refractivity contribution is 0.528. The van der Waals surface area contributed by atoms with Crippen molar-refractivity contribution < 1.29 is 4.39 Å². The zero-order valence-electron chi connectivity index (χ0n) is 9.76. The number of benzene rings is 1. The second kappa shape index (κ2) is 3.96. The average Bonchev–Trinajstić information content (AvgIpc) is 3.00. The van der Waals surface area contributed by atoms with Crippen LogP contribution in [0.1, 0.15) is 56.6 Å². The summed E-state index contributed by atoms with van der Waals surface area (Å²) >= 11 is 0. The molecule has 0 heterocycles. The van der Waals surface area contributed by atoms with E-state index in [2.05, 4.69) is 26.8 Å². The van der Waals surface area contributed by atoms with Crippen LogP contribution in [-0.2, 0) is 0 Å². The van der Waals surface area contributed by atoms with Crippen molar-refractivity contribution in [2.75, 3.05) is 0 Å². The Kier molecular flexibility index (Phi) is 2.81. The Morgan fingerprint density at radius 3 is 2.33 bits per heavy atom. The Balaban J connectivity index is 2.24. The third-order valence-electron chi connectivity index (χ3n) is 3.57. The number of halogens is 1. The highest BCUT2D eigenvalue weighted by Crippen LogP contribution is 2.41. The molecule has 15 heavy (non-hydrogen) atoms. The highest BCUT2D eigenvalue weighted by atomic mass is 19.1. The highest BCUT2D eigenvalue weighted by Gasteiger charge is 2.26. The van der Waals surface area contributed by atoms with E-state index in [1.807, 2.05) is 6.07 Å². The first-order valence-electron chi connectivity index (χ1n) is 5.89. The molecule has 1 aromatic rings. The van der Waals surface area contributed by atoms with Gasteiger partial charge in [-0.1, -0.05) is 32.9 Å². The zero-order chi connectivity index (χ0) is 11.0. The summed E-state index contributed by atoms with van der Waals surface area (Å²) in [6.45, 7) is 6.52. The lowest BCUT2D eigenvalue weighted by atomic mass is 9.89. The van der Waals surface area contributed by atoms with Gasteiger partial charge >= 0.3 is 0 Å². The Labute approximate surface area is 91.5 Å². The Bertz CT molecular complexity index is 350. The minimum atomic E-state index is 0.00231. The van der Waals surface area contributed by atoms with E-state index in [0.29, 0.717) is 17.8 Å². The largest absolute Gasteiger partial charge is 0.207 e. The summed E-state index contributed by atoms with van der Waals surface area (Å²) < 4.78 is 13.8. The van der Waals surface area contributed by atoms with Gasteiger partial charge in [0.05, 0.1) is 0 Å². The summed E-state index contributed by atoms with van der Waals surface area (Å²) in [4.78, 5) is 0. The van der Waals surface area contributed by atoms with Gasteiger partial charge in [0, 0.05) is 0 Å². The van der Waals surface area contributed by atoms with E-state index in [1.165, 1.54) is 0 Å². The van der Waals surface area contributed by atoms with Gasteiger partial charge < -0.3 is 0 Å². The van der Waals surface area contributed by atoms with E-state index < -0.39 is 0 Å². The predicted molar refractivity (Wildman–Crippen MR) is 61.6 cm³/mol. The van der Waals surface area contributed by atoms with Gasteiger partial charge in [-0.05, 0) is 47.8 Å². The van der Waals surface area contributed by atoms with Gasteiger partial charge in [-0.15, -0.1) is 0 Å². The molecule has 0 spiro atoms. The molecule has 1 aliphatic carbocycles. The lowest BCUT2D eigenvalue weighted by Crippen LogP contribution is -2.03. The highest BCUT2D eigenvalue weighted by molar-refractivity contribution is 5.31. The molecular weight excluding hydrogens is 187 g/mol. The van der Waals surface area contributed by atoms with E-state index in [1.54, 1.807) is 6.07 Å². The first kappa shape index (κ1) is 10.7. The second-order valence-electron chi connectivity index (χ2n) is 5.09. The molecule has 82 valence electrons. The van der Waals surface area contributed by atoms with Crippen LogP contribution in [0.15, 0.2) is 18.2 Å². The maximum absolute atomic E-state index is 13.8. The standard InChI is InChI=1S/C14H19F/c1-9(2)10(3)12-6-7-13(11-4-5-11)14(15)8-12/h6-11H,4-5H2,1-3H3. The van der Waals surface area contributed by atoms with E-state index in [0.717, 1.165) is 24.0 Å². The quantitative estimate of drug-likeness (QED) is 0.684. The van der Waals surface area contributed by atoms with Crippen molar-refractivity contribution in [1.29, 1.82) is 0 Å². The third kappa shape index (κ3) is 2.22. The van der Waals surface area contributed by atoms with Gasteiger partial charge in [0.1, 0.15) is 5.82 Å². The van der Waals surface area contributed by atoms with Crippen molar-refractivity contribution in [1.82, 2.24) is 0 Å². The summed E-state index contributed by atoms with van der Waals surface area (Å²) in [5.41, 5.74) is 2.06. The second-order valence-corrected chi connectivity index (χ2v) is 5.09. The van der Waals surface area contributed by atoms with Crippen LogP contribution in [0.4, 0.5) is 4.39 Å². The molecule has 1 saturated carbocycles. The van der Waals surface area contributed by atoms with E-state index in [9.17, 15) is 4.39 Å². The molecule has 1 aromatic carbocycles. The van der Waals surface area contributed by atoms with Crippen molar-refractivity contribution in [3.05, 3.63) is 35.1 Å². The first-order valence-corrected chi connectivity index (χ1v) is 5.89. The molecule has 1 atom stereocenters. The van der Waals surface area contributed by atoms with Gasteiger partial charge in [0.2, 0.25) is 0 Å². The molecule has 1 unspecified atom stereocenters. The van der Waals surface area contributed by atoms with Crippen molar-refractivity contribution in [3.8, 4) is 0 Å². The van der Waals surface area contributed by atoms with Gasteiger partial charge in [-0.2, -0.15) is 0 Å².